The number of amides is 2. The van der Waals surface area contributed by atoms with Gasteiger partial charge in [0.25, 0.3) is 5.91 Å². The molecule has 0 aliphatic carbocycles. The highest BCUT2D eigenvalue weighted by Gasteiger charge is 2.15. The summed E-state index contributed by atoms with van der Waals surface area (Å²) in [6.45, 7) is 5.91. The minimum Gasteiger partial charge on any atom is -0.493 e. The van der Waals surface area contributed by atoms with Gasteiger partial charge in [0, 0.05) is 18.7 Å². The monoisotopic (exact) mass is 324 g/mol. The van der Waals surface area contributed by atoms with E-state index in [1.165, 1.54) is 14.2 Å². The lowest BCUT2D eigenvalue weighted by Crippen LogP contribution is -2.37. The Morgan fingerprint density at radius 2 is 1.61 bits per heavy atom. The maximum absolute atomic E-state index is 12.0. The van der Waals surface area contributed by atoms with Gasteiger partial charge in [0.2, 0.25) is 0 Å². The van der Waals surface area contributed by atoms with Gasteiger partial charge >= 0.3 is 6.09 Å². The molecule has 2 amide bonds. The zero-order chi connectivity index (χ0) is 17.5. The third kappa shape index (κ3) is 6.46. The molecule has 1 aromatic rings. The van der Waals surface area contributed by atoms with Crippen LogP contribution in [0.2, 0.25) is 0 Å². The molecule has 0 fully saturated rings. The number of methoxy groups -OCH3 is 2. The molecule has 0 spiro atoms. The number of rotatable bonds is 6. The lowest BCUT2D eigenvalue weighted by Gasteiger charge is -2.19. The Hall–Kier alpha value is -2.44. The van der Waals surface area contributed by atoms with Gasteiger partial charge in [-0.05, 0) is 39.0 Å². The van der Waals surface area contributed by atoms with Gasteiger partial charge in [0.15, 0.2) is 11.5 Å². The second kappa shape index (κ2) is 8.26. The predicted molar refractivity (Wildman–Crippen MR) is 86.1 cm³/mol. The van der Waals surface area contributed by atoms with Crippen molar-refractivity contribution in [3.05, 3.63) is 23.8 Å². The summed E-state index contributed by atoms with van der Waals surface area (Å²) >= 11 is 0. The van der Waals surface area contributed by atoms with Crippen molar-refractivity contribution in [1.29, 1.82) is 0 Å². The van der Waals surface area contributed by atoms with E-state index in [0.29, 0.717) is 17.1 Å². The number of carbonyl (C=O) groups excluding carboxylic acids is 2. The third-order valence-corrected chi connectivity index (χ3v) is 2.72. The predicted octanol–water partition coefficient (Wildman–Crippen LogP) is 1.96. The van der Waals surface area contributed by atoms with Crippen LogP contribution in [0.1, 0.15) is 31.1 Å². The Kier molecular flexibility index (Phi) is 6.68. The van der Waals surface area contributed by atoms with Crippen molar-refractivity contribution in [3.8, 4) is 11.5 Å². The van der Waals surface area contributed by atoms with Crippen molar-refractivity contribution in [2.75, 3.05) is 27.3 Å². The molecular formula is C16H24N2O5. The Balaban J connectivity index is 2.44. The van der Waals surface area contributed by atoms with Crippen LogP contribution in [0.3, 0.4) is 0 Å². The largest absolute Gasteiger partial charge is 0.493 e. The van der Waals surface area contributed by atoms with Crippen molar-refractivity contribution in [1.82, 2.24) is 10.6 Å². The first kappa shape index (κ1) is 18.6. The summed E-state index contributed by atoms with van der Waals surface area (Å²) in [5.74, 6) is 0.764. The maximum atomic E-state index is 12.0. The first-order chi connectivity index (χ1) is 10.8. The fourth-order valence-electron chi connectivity index (χ4n) is 1.73. The van der Waals surface area contributed by atoms with Crippen molar-refractivity contribution >= 4 is 12.0 Å². The number of alkyl carbamates (subject to hydrolysis) is 1. The molecule has 23 heavy (non-hydrogen) atoms. The van der Waals surface area contributed by atoms with Gasteiger partial charge in [-0.2, -0.15) is 0 Å². The van der Waals surface area contributed by atoms with E-state index in [2.05, 4.69) is 10.6 Å². The molecule has 1 aromatic carbocycles. The highest BCUT2D eigenvalue weighted by molar-refractivity contribution is 5.94. The third-order valence-electron chi connectivity index (χ3n) is 2.72. The van der Waals surface area contributed by atoms with Crippen LogP contribution < -0.4 is 20.1 Å². The van der Waals surface area contributed by atoms with E-state index in [9.17, 15) is 9.59 Å². The fraction of sp³-hybridized carbons (Fsp3) is 0.500. The van der Waals surface area contributed by atoms with Crippen molar-refractivity contribution in [2.24, 2.45) is 0 Å². The average Bonchev–Trinajstić information content (AvgIpc) is 2.48. The Morgan fingerprint density at radius 3 is 2.17 bits per heavy atom. The molecule has 0 aromatic heterocycles. The number of nitrogens with one attached hydrogen (secondary N) is 2. The topological polar surface area (TPSA) is 85.9 Å². The van der Waals surface area contributed by atoms with Crippen LogP contribution in [0.5, 0.6) is 11.5 Å². The normalized spacial score (nSPS) is 10.7. The van der Waals surface area contributed by atoms with E-state index >= 15 is 0 Å². The number of hydrogen-bond acceptors (Lipinski definition) is 5. The van der Waals surface area contributed by atoms with Gasteiger partial charge in [-0.25, -0.2) is 4.79 Å². The van der Waals surface area contributed by atoms with E-state index in [1.807, 2.05) is 0 Å². The lowest BCUT2D eigenvalue weighted by molar-refractivity contribution is 0.0526. The van der Waals surface area contributed by atoms with Crippen LogP contribution in [0.25, 0.3) is 0 Å². The number of ether oxygens (including phenoxy) is 3. The SMILES string of the molecule is COc1ccc(C(=O)NCCNC(=O)OC(C)(C)C)cc1OC. The van der Waals surface area contributed by atoms with Crippen LogP contribution in [0.4, 0.5) is 4.79 Å². The van der Waals surface area contributed by atoms with Crippen LogP contribution >= 0.6 is 0 Å². The standard InChI is InChI=1S/C16H24N2O5/c1-16(2,3)23-15(20)18-9-8-17-14(19)11-6-7-12(21-4)13(10-11)22-5/h6-7,10H,8-9H2,1-5H3,(H,17,19)(H,18,20). The number of benzene rings is 1. The molecule has 0 atom stereocenters. The first-order valence-corrected chi connectivity index (χ1v) is 7.24. The second-order valence-electron chi connectivity index (χ2n) is 5.75. The minimum atomic E-state index is -0.549. The molecule has 0 radical (unpaired) electrons. The van der Waals surface area contributed by atoms with E-state index in [0.717, 1.165) is 0 Å². The Labute approximate surface area is 136 Å². The van der Waals surface area contributed by atoms with Crippen LogP contribution in [-0.2, 0) is 4.74 Å². The van der Waals surface area contributed by atoms with Crippen LogP contribution in [0, 0.1) is 0 Å². The van der Waals surface area contributed by atoms with Crippen molar-refractivity contribution in [3.63, 3.8) is 0 Å². The molecule has 0 heterocycles. The molecule has 1 rings (SSSR count). The maximum Gasteiger partial charge on any atom is 0.407 e. The quantitative estimate of drug-likeness (QED) is 0.781. The van der Waals surface area contributed by atoms with Crippen LogP contribution in [-0.4, -0.2) is 44.9 Å². The zero-order valence-corrected chi connectivity index (χ0v) is 14.2. The van der Waals surface area contributed by atoms with Crippen LogP contribution in [0.15, 0.2) is 18.2 Å². The molecule has 0 aliphatic rings. The van der Waals surface area contributed by atoms with Crippen molar-refractivity contribution in [2.45, 2.75) is 26.4 Å². The van der Waals surface area contributed by atoms with Gasteiger partial charge in [-0.15, -0.1) is 0 Å². The lowest BCUT2D eigenvalue weighted by atomic mass is 10.2. The van der Waals surface area contributed by atoms with Gasteiger partial charge < -0.3 is 24.8 Å². The summed E-state index contributed by atoms with van der Waals surface area (Å²) < 4.78 is 15.4. The molecule has 0 aliphatic heterocycles. The molecule has 0 saturated heterocycles. The number of hydrogen-bond donors (Lipinski definition) is 2. The summed E-state index contributed by atoms with van der Waals surface area (Å²) in [6.07, 6.45) is -0.516. The molecular weight excluding hydrogens is 300 g/mol. The van der Waals surface area contributed by atoms with E-state index < -0.39 is 11.7 Å². The summed E-state index contributed by atoms with van der Waals surface area (Å²) in [4.78, 5) is 23.5. The number of carbonyl (C=O) groups is 2. The summed E-state index contributed by atoms with van der Waals surface area (Å²) in [6, 6.07) is 4.89. The zero-order valence-electron chi connectivity index (χ0n) is 14.2. The van der Waals surface area contributed by atoms with Gasteiger partial charge in [0.05, 0.1) is 14.2 Å². The average molecular weight is 324 g/mol. The molecule has 2 N–H and O–H groups in total. The van der Waals surface area contributed by atoms with E-state index in [-0.39, 0.29) is 19.0 Å². The highest BCUT2D eigenvalue weighted by atomic mass is 16.6. The Bertz CT molecular complexity index is 552. The molecule has 7 nitrogen and oxygen atoms in total. The second-order valence-corrected chi connectivity index (χ2v) is 5.75. The summed E-state index contributed by atoms with van der Waals surface area (Å²) in [5, 5.41) is 5.27. The van der Waals surface area contributed by atoms with Crippen molar-refractivity contribution < 1.29 is 23.8 Å². The first-order valence-electron chi connectivity index (χ1n) is 7.24. The fourth-order valence-corrected chi connectivity index (χ4v) is 1.73. The highest BCUT2D eigenvalue weighted by Crippen LogP contribution is 2.27. The summed E-state index contributed by atoms with van der Waals surface area (Å²) in [7, 11) is 3.03. The molecule has 0 unspecified atom stereocenters. The van der Waals surface area contributed by atoms with E-state index in [1.54, 1.807) is 39.0 Å². The van der Waals surface area contributed by atoms with Gasteiger partial charge in [-0.1, -0.05) is 0 Å². The minimum absolute atomic E-state index is 0.267. The molecule has 0 saturated carbocycles. The molecule has 128 valence electrons. The Morgan fingerprint density at radius 1 is 1.00 bits per heavy atom. The van der Waals surface area contributed by atoms with Gasteiger partial charge in [-0.3, -0.25) is 4.79 Å². The summed E-state index contributed by atoms with van der Waals surface area (Å²) in [5.41, 5.74) is -0.104. The van der Waals surface area contributed by atoms with Gasteiger partial charge in [0.1, 0.15) is 5.60 Å². The van der Waals surface area contributed by atoms with E-state index in [4.69, 9.17) is 14.2 Å². The smallest absolute Gasteiger partial charge is 0.407 e. The molecule has 7 heteroatoms. The molecule has 0 bridgehead atoms.